The Morgan fingerprint density at radius 1 is 1.28 bits per heavy atom. The molecular formula is C12H15ClF3NO. The molecule has 0 amide bonds. The Kier molecular flexibility index (Phi) is 4.50. The summed E-state index contributed by atoms with van der Waals surface area (Å²) in [6, 6.07) is 3.62. The van der Waals surface area contributed by atoms with Crippen molar-refractivity contribution in [2.24, 2.45) is 0 Å². The highest BCUT2D eigenvalue weighted by molar-refractivity contribution is 6.33. The molecule has 0 heterocycles. The SMILES string of the molecule is CC(C)(O)CCNc1c(Cl)cccc1C(F)(F)F. The summed E-state index contributed by atoms with van der Waals surface area (Å²) in [5, 5.41) is 12.1. The second-order valence-corrected chi connectivity index (χ2v) is 5.06. The number of benzene rings is 1. The molecule has 0 bridgehead atoms. The summed E-state index contributed by atoms with van der Waals surface area (Å²) in [6.45, 7) is 3.38. The van der Waals surface area contributed by atoms with Gasteiger partial charge in [0.05, 0.1) is 21.9 Å². The number of aliphatic hydroxyl groups is 1. The van der Waals surface area contributed by atoms with Crippen LogP contribution in [0.4, 0.5) is 18.9 Å². The van der Waals surface area contributed by atoms with E-state index in [0.29, 0.717) is 6.42 Å². The molecule has 0 atom stereocenters. The molecule has 0 aromatic heterocycles. The first-order valence-electron chi connectivity index (χ1n) is 5.43. The Balaban J connectivity index is 2.88. The zero-order valence-electron chi connectivity index (χ0n) is 10.1. The minimum absolute atomic E-state index is 0.0144. The maximum Gasteiger partial charge on any atom is 0.418 e. The number of halogens is 4. The summed E-state index contributed by atoms with van der Waals surface area (Å²) in [5.41, 5.74) is -1.88. The van der Waals surface area contributed by atoms with Gasteiger partial charge in [0.1, 0.15) is 0 Å². The summed E-state index contributed by atoms with van der Waals surface area (Å²) in [6.07, 6.45) is -4.14. The van der Waals surface area contributed by atoms with Crippen LogP contribution in [0, 0.1) is 0 Å². The van der Waals surface area contributed by atoms with Crippen LogP contribution in [0.2, 0.25) is 5.02 Å². The second kappa shape index (κ2) is 5.36. The summed E-state index contributed by atoms with van der Waals surface area (Å²) < 4.78 is 38.2. The monoisotopic (exact) mass is 281 g/mol. The van der Waals surface area contributed by atoms with E-state index < -0.39 is 17.3 Å². The summed E-state index contributed by atoms with van der Waals surface area (Å²) in [4.78, 5) is 0. The molecule has 0 spiro atoms. The molecular weight excluding hydrogens is 267 g/mol. The van der Waals surface area contributed by atoms with E-state index in [-0.39, 0.29) is 17.3 Å². The molecule has 2 N–H and O–H groups in total. The van der Waals surface area contributed by atoms with Gasteiger partial charge in [0.2, 0.25) is 0 Å². The van der Waals surface area contributed by atoms with Gasteiger partial charge >= 0.3 is 6.18 Å². The highest BCUT2D eigenvalue weighted by atomic mass is 35.5. The number of hydrogen-bond donors (Lipinski definition) is 2. The lowest BCUT2D eigenvalue weighted by atomic mass is 10.1. The molecule has 0 aliphatic heterocycles. The molecule has 2 nitrogen and oxygen atoms in total. The summed E-state index contributed by atoms with van der Waals surface area (Å²) in [7, 11) is 0. The van der Waals surface area contributed by atoms with Crippen LogP contribution < -0.4 is 5.32 Å². The number of hydrogen-bond acceptors (Lipinski definition) is 2. The molecule has 0 unspecified atom stereocenters. The Labute approximate surface area is 109 Å². The molecule has 6 heteroatoms. The van der Waals surface area contributed by atoms with Gasteiger partial charge in [-0.3, -0.25) is 0 Å². The van der Waals surface area contributed by atoms with E-state index in [1.807, 2.05) is 0 Å². The Bertz CT molecular complexity index is 413. The van der Waals surface area contributed by atoms with Crippen molar-refractivity contribution < 1.29 is 18.3 Å². The molecule has 1 rings (SSSR count). The normalized spacial score (nSPS) is 12.6. The van der Waals surface area contributed by atoms with Gasteiger partial charge in [0.25, 0.3) is 0 Å². The quantitative estimate of drug-likeness (QED) is 0.876. The third-order valence-corrected chi connectivity index (χ3v) is 2.67. The molecule has 0 fully saturated rings. The molecule has 0 saturated carbocycles. The Morgan fingerprint density at radius 2 is 1.89 bits per heavy atom. The van der Waals surface area contributed by atoms with Gasteiger partial charge < -0.3 is 10.4 Å². The van der Waals surface area contributed by atoms with E-state index in [2.05, 4.69) is 5.32 Å². The van der Waals surface area contributed by atoms with Crippen LogP contribution in [-0.2, 0) is 6.18 Å². The summed E-state index contributed by atoms with van der Waals surface area (Å²) >= 11 is 5.76. The number of rotatable bonds is 4. The molecule has 0 aliphatic carbocycles. The van der Waals surface area contributed by atoms with Crippen molar-refractivity contribution in [3.63, 3.8) is 0 Å². The van der Waals surface area contributed by atoms with E-state index in [1.165, 1.54) is 12.1 Å². The first-order chi connectivity index (χ1) is 8.11. The van der Waals surface area contributed by atoms with E-state index in [0.717, 1.165) is 6.07 Å². The third kappa shape index (κ3) is 4.38. The molecule has 0 aliphatic rings. The van der Waals surface area contributed by atoms with Crippen molar-refractivity contribution >= 4 is 17.3 Å². The van der Waals surface area contributed by atoms with Crippen LogP contribution in [0.25, 0.3) is 0 Å². The number of alkyl halides is 3. The largest absolute Gasteiger partial charge is 0.418 e. The van der Waals surface area contributed by atoms with E-state index in [1.54, 1.807) is 13.8 Å². The van der Waals surface area contributed by atoms with Crippen molar-refractivity contribution in [1.29, 1.82) is 0 Å². The van der Waals surface area contributed by atoms with Crippen LogP contribution in [0.1, 0.15) is 25.8 Å². The van der Waals surface area contributed by atoms with Gasteiger partial charge in [-0.05, 0) is 32.4 Å². The van der Waals surface area contributed by atoms with Crippen molar-refractivity contribution in [2.75, 3.05) is 11.9 Å². The first kappa shape index (κ1) is 15.1. The predicted octanol–water partition coefficient (Wildman–Crippen LogP) is 3.93. The van der Waals surface area contributed by atoms with E-state index in [9.17, 15) is 18.3 Å². The zero-order chi connectivity index (χ0) is 14.0. The highest BCUT2D eigenvalue weighted by Gasteiger charge is 2.34. The smallest absolute Gasteiger partial charge is 0.390 e. The lowest BCUT2D eigenvalue weighted by Crippen LogP contribution is -2.23. The van der Waals surface area contributed by atoms with Gasteiger partial charge in [-0.15, -0.1) is 0 Å². The van der Waals surface area contributed by atoms with Crippen LogP contribution in [0.15, 0.2) is 18.2 Å². The third-order valence-electron chi connectivity index (χ3n) is 2.36. The fraction of sp³-hybridized carbons (Fsp3) is 0.500. The molecule has 18 heavy (non-hydrogen) atoms. The molecule has 0 radical (unpaired) electrons. The lowest BCUT2D eigenvalue weighted by molar-refractivity contribution is -0.136. The average Bonchev–Trinajstić information content (AvgIpc) is 2.16. The minimum atomic E-state index is -4.46. The van der Waals surface area contributed by atoms with Crippen LogP contribution in [0.3, 0.4) is 0 Å². The molecule has 102 valence electrons. The van der Waals surface area contributed by atoms with E-state index in [4.69, 9.17) is 11.6 Å². The molecule has 1 aromatic rings. The summed E-state index contributed by atoms with van der Waals surface area (Å²) in [5.74, 6) is 0. The lowest BCUT2D eigenvalue weighted by Gasteiger charge is -2.20. The van der Waals surface area contributed by atoms with Crippen molar-refractivity contribution in [3.8, 4) is 0 Å². The zero-order valence-corrected chi connectivity index (χ0v) is 10.9. The van der Waals surface area contributed by atoms with Crippen molar-refractivity contribution in [1.82, 2.24) is 0 Å². The number of nitrogens with one attached hydrogen (secondary N) is 1. The van der Waals surface area contributed by atoms with Gasteiger partial charge in [-0.2, -0.15) is 13.2 Å². The Hall–Kier alpha value is -0.940. The van der Waals surface area contributed by atoms with E-state index >= 15 is 0 Å². The maximum absolute atomic E-state index is 12.7. The minimum Gasteiger partial charge on any atom is -0.390 e. The van der Waals surface area contributed by atoms with Crippen LogP contribution >= 0.6 is 11.6 Å². The first-order valence-corrected chi connectivity index (χ1v) is 5.81. The second-order valence-electron chi connectivity index (χ2n) is 4.65. The van der Waals surface area contributed by atoms with Crippen LogP contribution in [0.5, 0.6) is 0 Å². The van der Waals surface area contributed by atoms with Gasteiger partial charge in [0, 0.05) is 6.54 Å². The highest BCUT2D eigenvalue weighted by Crippen LogP contribution is 2.38. The predicted molar refractivity (Wildman–Crippen MR) is 65.9 cm³/mol. The maximum atomic E-state index is 12.7. The van der Waals surface area contributed by atoms with Gasteiger partial charge in [-0.25, -0.2) is 0 Å². The fourth-order valence-corrected chi connectivity index (χ4v) is 1.67. The van der Waals surface area contributed by atoms with Crippen LogP contribution in [-0.4, -0.2) is 17.3 Å². The molecule has 0 saturated heterocycles. The number of para-hydroxylation sites is 1. The van der Waals surface area contributed by atoms with Crippen molar-refractivity contribution in [3.05, 3.63) is 28.8 Å². The van der Waals surface area contributed by atoms with Crippen molar-refractivity contribution in [2.45, 2.75) is 32.0 Å². The number of anilines is 1. The standard InChI is InChI=1S/C12H15ClF3NO/c1-11(2,18)6-7-17-10-8(12(14,15)16)4-3-5-9(10)13/h3-5,17-18H,6-7H2,1-2H3. The average molecular weight is 282 g/mol. The Morgan fingerprint density at radius 3 is 2.39 bits per heavy atom. The van der Waals surface area contributed by atoms with Gasteiger partial charge in [-0.1, -0.05) is 17.7 Å². The topological polar surface area (TPSA) is 32.3 Å². The van der Waals surface area contributed by atoms with Gasteiger partial charge in [0.15, 0.2) is 0 Å². The molecule has 1 aromatic carbocycles. The fourth-order valence-electron chi connectivity index (χ4n) is 1.43.